The lowest BCUT2D eigenvalue weighted by molar-refractivity contribution is -0.385. The molecule has 0 bridgehead atoms. The number of benzene rings is 2. The minimum absolute atomic E-state index is 0.138. The Bertz CT molecular complexity index is 724. The average molecular weight is 304 g/mol. The number of hydrogen-bond donors (Lipinski definition) is 0. The van der Waals surface area contributed by atoms with E-state index in [2.05, 4.69) is 0 Å². The highest BCUT2D eigenvalue weighted by molar-refractivity contribution is 7.67. The Hall–Kier alpha value is -2.87. The Kier molecular flexibility index (Phi) is 4.19. The molecule has 0 aromatic heterocycles. The molecule has 0 heterocycles. The van der Waals surface area contributed by atoms with Crippen molar-refractivity contribution in [3.63, 3.8) is 0 Å². The normalized spacial score (nSPS) is 9.90. The van der Waals surface area contributed by atoms with Crippen LogP contribution in [0.15, 0.2) is 48.5 Å². The number of nitro benzene ring substituents is 2. The Balaban J connectivity index is 2.53. The van der Waals surface area contributed by atoms with Gasteiger partial charge in [0, 0.05) is 35.4 Å². The first-order valence-electron chi connectivity index (χ1n) is 5.69. The van der Waals surface area contributed by atoms with Crippen molar-refractivity contribution >= 4 is 27.5 Å². The average Bonchev–Trinajstić information content (AvgIpc) is 2.48. The summed E-state index contributed by atoms with van der Waals surface area (Å²) in [5.41, 5.74) is 0.406. The van der Waals surface area contributed by atoms with Crippen molar-refractivity contribution in [2.45, 2.75) is 0 Å². The maximum absolute atomic E-state index is 11.3. The Labute approximate surface area is 122 Å². The lowest BCUT2D eigenvalue weighted by Gasteiger charge is -2.03. The van der Waals surface area contributed by atoms with Crippen molar-refractivity contribution in [2.24, 2.45) is 0 Å². The van der Waals surface area contributed by atoms with Crippen LogP contribution in [0.4, 0.5) is 11.4 Å². The molecular formula is C13H8N2O5S. The summed E-state index contributed by atoms with van der Waals surface area (Å²) in [6.07, 6.45) is 0. The summed E-state index contributed by atoms with van der Waals surface area (Å²) in [5, 5.41) is 21.5. The van der Waals surface area contributed by atoms with Crippen LogP contribution in [0.1, 0.15) is 11.1 Å². The van der Waals surface area contributed by atoms with E-state index in [9.17, 15) is 24.4 Å². The van der Waals surface area contributed by atoms with E-state index < -0.39 is 9.85 Å². The minimum Gasteiger partial charge on any atom is -0.258 e. The second-order valence-corrected chi connectivity index (χ2v) is 4.60. The van der Waals surface area contributed by atoms with Crippen LogP contribution in [0.2, 0.25) is 0 Å². The smallest absolute Gasteiger partial charge is 0.258 e. The van der Waals surface area contributed by atoms with E-state index in [-0.39, 0.29) is 27.5 Å². The molecule has 2 aromatic carbocycles. The molecule has 0 amide bonds. The number of nitrogens with zero attached hydrogens (tertiary/aromatic N) is 2. The Morgan fingerprint density at radius 1 is 0.857 bits per heavy atom. The lowest BCUT2D eigenvalue weighted by atomic mass is 10.0. The molecule has 8 heteroatoms. The summed E-state index contributed by atoms with van der Waals surface area (Å²) >= 11 is 0.138. The second-order valence-electron chi connectivity index (χ2n) is 4.03. The molecule has 21 heavy (non-hydrogen) atoms. The molecule has 0 saturated carbocycles. The molecule has 0 saturated heterocycles. The summed E-state index contributed by atoms with van der Waals surface area (Å²) in [6, 6.07) is 11.2. The van der Waals surface area contributed by atoms with Crippen molar-refractivity contribution in [1.29, 1.82) is 0 Å². The topological polar surface area (TPSA) is 103 Å². The molecule has 0 aliphatic heterocycles. The first-order valence-corrected chi connectivity index (χ1v) is 6.43. The number of non-ortho nitro benzene ring substituents is 2. The largest absolute Gasteiger partial charge is 0.270 e. The molecule has 0 spiro atoms. The van der Waals surface area contributed by atoms with Crippen LogP contribution >= 0.6 is 0 Å². The van der Waals surface area contributed by atoms with Gasteiger partial charge in [-0.05, 0) is 0 Å². The molecule has 0 unspecified atom stereocenters. The third-order valence-electron chi connectivity index (χ3n) is 2.72. The quantitative estimate of drug-likeness (QED) is 0.373. The molecule has 7 nitrogen and oxygen atoms in total. The van der Waals surface area contributed by atoms with E-state index in [1.54, 1.807) is 12.1 Å². The predicted octanol–water partition coefficient (Wildman–Crippen LogP) is 2.28. The van der Waals surface area contributed by atoms with Crippen LogP contribution in [-0.4, -0.2) is 18.9 Å². The van der Waals surface area contributed by atoms with Gasteiger partial charge in [0.05, 0.1) is 26.0 Å². The number of nitro groups is 2. The van der Waals surface area contributed by atoms with Gasteiger partial charge in [-0.15, -0.1) is 0 Å². The summed E-state index contributed by atoms with van der Waals surface area (Å²) in [7, 11) is 0. The molecule has 0 atom stereocenters. The van der Waals surface area contributed by atoms with Gasteiger partial charge in [-0.1, -0.05) is 24.3 Å². The summed E-state index contributed by atoms with van der Waals surface area (Å²) in [6.45, 7) is 0. The molecule has 0 N–H and O–H groups in total. The van der Waals surface area contributed by atoms with Gasteiger partial charge in [0.2, 0.25) is 0 Å². The molecule has 2 rings (SSSR count). The van der Waals surface area contributed by atoms with E-state index in [0.29, 0.717) is 11.1 Å². The molecule has 0 aliphatic rings. The van der Waals surface area contributed by atoms with Crippen molar-refractivity contribution in [3.8, 4) is 0 Å². The molecule has 2 aromatic rings. The zero-order valence-electron chi connectivity index (χ0n) is 10.5. The number of rotatable bonds is 4. The highest BCUT2D eigenvalue weighted by Gasteiger charge is 2.14. The van der Waals surface area contributed by atoms with Gasteiger partial charge in [-0.25, -0.2) is 4.21 Å². The van der Waals surface area contributed by atoms with Gasteiger partial charge in [0.15, 0.2) is 0 Å². The third-order valence-corrected chi connectivity index (χ3v) is 3.36. The Morgan fingerprint density at radius 3 is 1.62 bits per heavy atom. The fourth-order valence-electron chi connectivity index (χ4n) is 1.78. The Morgan fingerprint density at radius 2 is 1.29 bits per heavy atom. The maximum Gasteiger partial charge on any atom is 0.270 e. The van der Waals surface area contributed by atoms with Crippen molar-refractivity contribution in [2.75, 3.05) is 0 Å². The van der Waals surface area contributed by atoms with Gasteiger partial charge in [0.25, 0.3) is 11.4 Å². The van der Waals surface area contributed by atoms with E-state index in [4.69, 9.17) is 0 Å². The fraction of sp³-hybridized carbons (Fsp3) is 0. The molecule has 0 radical (unpaired) electrons. The standard InChI is InChI=1S/C13H8N2O5S/c16-14(17)11-5-1-3-9(7-11)13(21-20)10-4-2-6-12(8-10)15(18)19/h1-8H. The van der Waals surface area contributed by atoms with Gasteiger partial charge in [-0.3, -0.25) is 20.2 Å². The van der Waals surface area contributed by atoms with Crippen LogP contribution in [0, 0.1) is 20.2 Å². The zero-order chi connectivity index (χ0) is 15.4. The van der Waals surface area contributed by atoms with E-state index in [0.717, 1.165) is 0 Å². The molecule has 0 fully saturated rings. The van der Waals surface area contributed by atoms with Crippen LogP contribution in [0.3, 0.4) is 0 Å². The molecule has 0 aliphatic carbocycles. The first kappa shape index (κ1) is 14.5. The van der Waals surface area contributed by atoms with Crippen LogP contribution in [-0.2, 0) is 11.3 Å². The summed E-state index contributed by atoms with van der Waals surface area (Å²) in [4.78, 5) is 20.6. The lowest BCUT2D eigenvalue weighted by Crippen LogP contribution is -2.04. The summed E-state index contributed by atoms with van der Waals surface area (Å²) < 4.78 is 11.3. The summed E-state index contributed by atoms with van der Waals surface area (Å²) in [5.74, 6) is 0. The van der Waals surface area contributed by atoms with Crippen LogP contribution in [0.25, 0.3) is 0 Å². The van der Waals surface area contributed by atoms with Gasteiger partial charge in [0.1, 0.15) is 0 Å². The molecule has 106 valence electrons. The maximum atomic E-state index is 11.3. The highest BCUT2D eigenvalue weighted by Crippen LogP contribution is 2.19. The van der Waals surface area contributed by atoms with E-state index in [1.807, 2.05) is 0 Å². The molecular weight excluding hydrogens is 296 g/mol. The predicted molar refractivity (Wildman–Crippen MR) is 77.5 cm³/mol. The van der Waals surface area contributed by atoms with Crippen molar-refractivity contribution in [1.82, 2.24) is 0 Å². The van der Waals surface area contributed by atoms with Gasteiger partial charge >= 0.3 is 0 Å². The highest BCUT2D eigenvalue weighted by atomic mass is 32.1. The number of hydrogen-bond acceptors (Lipinski definition) is 5. The monoisotopic (exact) mass is 304 g/mol. The van der Waals surface area contributed by atoms with Gasteiger partial charge < -0.3 is 0 Å². The SMILES string of the molecule is O=S=C(c1cccc([N+](=O)[O-])c1)c1cccc([N+](=O)[O-])c1. The van der Waals surface area contributed by atoms with Crippen LogP contribution < -0.4 is 0 Å². The van der Waals surface area contributed by atoms with E-state index in [1.165, 1.54) is 36.4 Å². The van der Waals surface area contributed by atoms with Gasteiger partial charge in [-0.2, -0.15) is 0 Å². The third kappa shape index (κ3) is 3.18. The fourth-order valence-corrected chi connectivity index (χ4v) is 2.23. The van der Waals surface area contributed by atoms with Crippen LogP contribution in [0.5, 0.6) is 0 Å². The zero-order valence-corrected chi connectivity index (χ0v) is 11.3. The van der Waals surface area contributed by atoms with Crippen molar-refractivity contribution in [3.05, 3.63) is 79.9 Å². The second kappa shape index (κ2) is 6.06. The van der Waals surface area contributed by atoms with E-state index >= 15 is 0 Å². The minimum atomic E-state index is -0.565. The first-order chi connectivity index (χ1) is 10.0. The van der Waals surface area contributed by atoms with Crippen molar-refractivity contribution < 1.29 is 14.1 Å².